The summed E-state index contributed by atoms with van der Waals surface area (Å²) in [7, 11) is 0. The van der Waals surface area contributed by atoms with Crippen LogP contribution < -0.4 is 19.7 Å². The molecule has 0 spiro atoms. The molecule has 33 heavy (non-hydrogen) atoms. The van der Waals surface area contributed by atoms with Crippen LogP contribution in [0.1, 0.15) is 60.7 Å². The first-order chi connectivity index (χ1) is 15.8. The minimum Gasteiger partial charge on any atom is -0.454 e. The van der Waals surface area contributed by atoms with Gasteiger partial charge in [0, 0.05) is 5.56 Å². The molecule has 0 saturated carbocycles. The van der Waals surface area contributed by atoms with E-state index in [1.54, 1.807) is 12.1 Å². The van der Waals surface area contributed by atoms with Crippen LogP contribution in [0.5, 0.6) is 11.5 Å². The van der Waals surface area contributed by atoms with Gasteiger partial charge in [0.2, 0.25) is 6.79 Å². The number of benzene rings is 3. The van der Waals surface area contributed by atoms with E-state index in [-0.39, 0.29) is 30.2 Å². The predicted molar refractivity (Wildman–Crippen MR) is 122 cm³/mol. The van der Waals surface area contributed by atoms with E-state index in [0.29, 0.717) is 28.3 Å². The number of ether oxygens (including phenoxy) is 2. The van der Waals surface area contributed by atoms with Crippen LogP contribution in [0.4, 0.5) is 5.69 Å². The van der Waals surface area contributed by atoms with Crippen molar-refractivity contribution in [3.63, 3.8) is 0 Å². The highest BCUT2D eigenvalue weighted by Crippen LogP contribution is 2.35. The molecule has 1 atom stereocenters. The zero-order valence-corrected chi connectivity index (χ0v) is 18.5. The number of nitrogens with one attached hydrogen (secondary N) is 1. The number of rotatable bonds is 4. The second kappa shape index (κ2) is 7.78. The summed E-state index contributed by atoms with van der Waals surface area (Å²) in [5.74, 6) is 0.161. The van der Waals surface area contributed by atoms with Gasteiger partial charge in [-0.1, -0.05) is 18.2 Å². The lowest BCUT2D eigenvalue weighted by atomic mass is 10.0. The van der Waals surface area contributed by atoms with Crippen molar-refractivity contribution in [1.29, 1.82) is 0 Å². The monoisotopic (exact) mass is 442 g/mol. The van der Waals surface area contributed by atoms with Crippen LogP contribution in [0.25, 0.3) is 0 Å². The Balaban J connectivity index is 1.39. The van der Waals surface area contributed by atoms with E-state index in [1.807, 2.05) is 57.2 Å². The van der Waals surface area contributed by atoms with Gasteiger partial charge in [-0.15, -0.1) is 0 Å². The molecule has 3 aromatic rings. The smallest absolute Gasteiger partial charge is 0.266 e. The van der Waals surface area contributed by atoms with Crippen molar-refractivity contribution in [2.75, 3.05) is 11.7 Å². The summed E-state index contributed by atoms with van der Waals surface area (Å²) in [6.45, 7) is 5.81. The third-order valence-electron chi connectivity index (χ3n) is 6.00. The van der Waals surface area contributed by atoms with Crippen LogP contribution in [-0.2, 0) is 0 Å². The molecular formula is C26H22N2O5. The molecule has 1 N–H and O–H groups in total. The van der Waals surface area contributed by atoms with Crippen molar-refractivity contribution in [2.24, 2.45) is 0 Å². The lowest BCUT2D eigenvalue weighted by Crippen LogP contribution is -2.30. The van der Waals surface area contributed by atoms with Gasteiger partial charge < -0.3 is 14.8 Å². The van der Waals surface area contributed by atoms with E-state index >= 15 is 0 Å². The Morgan fingerprint density at radius 1 is 0.909 bits per heavy atom. The fourth-order valence-corrected chi connectivity index (χ4v) is 4.11. The Morgan fingerprint density at radius 2 is 1.67 bits per heavy atom. The summed E-state index contributed by atoms with van der Waals surface area (Å²) in [6, 6.07) is 15.4. The Morgan fingerprint density at radius 3 is 2.48 bits per heavy atom. The molecule has 0 radical (unpaired) electrons. The molecule has 2 aliphatic rings. The van der Waals surface area contributed by atoms with Gasteiger partial charge in [0.1, 0.15) is 0 Å². The highest BCUT2D eigenvalue weighted by Gasteiger charge is 2.38. The summed E-state index contributed by atoms with van der Waals surface area (Å²) >= 11 is 0. The van der Waals surface area contributed by atoms with Crippen molar-refractivity contribution in [1.82, 2.24) is 5.32 Å². The Labute approximate surface area is 190 Å². The highest BCUT2D eigenvalue weighted by molar-refractivity contribution is 6.35. The Bertz CT molecular complexity index is 1330. The first-order valence-electron chi connectivity index (χ1n) is 10.6. The van der Waals surface area contributed by atoms with E-state index in [9.17, 15) is 14.4 Å². The summed E-state index contributed by atoms with van der Waals surface area (Å²) in [6.07, 6.45) is 0. The number of imide groups is 1. The fourth-order valence-electron chi connectivity index (χ4n) is 4.11. The predicted octanol–water partition coefficient (Wildman–Crippen LogP) is 4.32. The largest absolute Gasteiger partial charge is 0.454 e. The van der Waals surface area contributed by atoms with Crippen LogP contribution in [0.3, 0.4) is 0 Å². The molecule has 7 nitrogen and oxygen atoms in total. The second-order valence-electron chi connectivity index (χ2n) is 8.30. The molecule has 0 bridgehead atoms. The standard InChI is InChI=1S/C26H22N2O5/c1-14-4-5-15(2)21(10-14)28-25(30)19-8-6-18(11-20(19)26(28)31)24(29)27-16(3)17-7-9-22-23(12-17)33-13-32-22/h4-12,16H,13H2,1-3H3,(H,27,29). The van der Waals surface area contributed by atoms with Crippen LogP contribution in [-0.4, -0.2) is 24.5 Å². The van der Waals surface area contributed by atoms with E-state index < -0.39 is 5.91 Å². The number of carbonyl (C=O) groups excluding carboxylic acids is 3. The number of fused-ring (bicyclic) bond motifs is 2. The molecule has 3 aromatic carbocycles. The number of carbonyl (C=O) groups is 3. The van der Waals surface area contributed by atoms with Crippen molar-refractivity contribution in [3.05, 3.63) is 88.0 Å². The maximum atomic E-state index is 13.1. The van der Waals surface area contributed by atoms with Gasteiger partial charge in [-0.3, -0.25) is 14.4 Å². The van der Waals surface area contributed by atoms with E-state index in [1.165, 1.54) is 11.0 Å². The Hall–Kier alpha value is -4.13. The molecule has 7 heteroatoms. The van der Waals surface area contributed by atoms with Crippen molar-refractivity contribution >= 4 is 23.4 Å². The number of amides is 3. The SMILES string of the molecule is Cc1ccc(C)c(N2C(=O)c3ccc(C(=O)NC(C)c4ccc5c(c4)OCO5)cc3C2=O)c1. The van der Waals surface area contributed by atoms with Gasteiger partial charge in [0.25, 0.3) is 17.7 Å². The quantitative estimate of drug-likeness (QED) is 0.608. The zero-order chi connectivity index (χ0) is 23.3. The summed E-state index contributed by atoms with van der Waals surface area (Å²) in [5, 5.41) is 2.94. The van der Waals surface area contributed by atoms with Crippen molar-refractivity contribution in [2.45, 2.75) is 26.8 Å². The van der Waals surface area contributed by atoms with Gasteiger partial charge in [-0.2, -0.15) is 0 Å². The molecule has 3 amide bonds. The fraction of sp³-hybridized carbons (Fsp3) is 0.192. The summed E-state index contributed by atoms with van der Waals surface area (Å²) in [5.41, 5.74) is 4.02. The van der Waals surface area contributed by atoms with E-state index in [4.69, 9.17) is 9.47 Å². The molecule has 166 valence electrons. The van der Waals surface area contributed by atoms with Crippen LogP contribution in [0, 0.1) is 13.8 Å². The minimum absolute atomic E-state index is 0.181. The van der Waals surface area contributed by atoms with Crippen LogP contribution >= 0.6 is 0 Å². The van der Waals surface area contributed by atoms with Gasteiger partial charge in [-0.25, -0.2) is 4.90 Å². The van der Waals surface area contributed by atoms with Gasteiger partial charge in [-0.05, 0) is 73.9 Å². The molecule has 0 fully saturated rings. The number of anilines is 1. The van der Waals surface area contributed by atoms with E-state index in [0.717, 1.165) is 16.7 Å². The molecule has 0 saturated heterocycles. The maximum absolute atomic E-state index is 13.1. The number of aryl methyl sites for hydroxylation is 2. The minimum atomic E-state index is -0.429. The first-order valence-corrected chi connectivity index (χ1v) is 10.6. The number of nitrogens with zero attached hydrogens (tertiary/aromatic N) is 1. The highest BCUT2D eigenvalue weighted by atomic mass is 16.7. The van der Waals surface area contributed by atoms with Gasteiger partial charge >= 0.3 is 0 Å². The molecule has 5 rings (SSSR count). The van der Waals surface area contributed by atoms with Crippen LogP contribution in [0.15, 0.2) is 54.6 Å². The normalized spacial score (nSPS) is 14.9. The molecule has 0 aliphatic carbocycles. The Kier molecular flexibility index (Phi) is 4.89. The van der Waals surface area contributed by atoms with Gasteiger partial charge in [0.15, 0.2) is 11.5 Å². The van der Waals surface area contributed by atoms with Crippen LogP contribution in [0.2, 0.25) is 0 Å². The molecule has 2 heterocycles. The summed E-state index contributed by atoms with van der Waals surface area (Å²) in [4.78, 5) is 40.2. The zero-order valence-electron chi connectivity index (χ0n) is 18.5. The van der Waals surface area contributed by atoms with Crippen molar-refractivity contribution in [3.8, 4) is 11.5 Å². The second-order valence-corrected chi connectivity index (χ2v) is 8.30. The average Bonchev–Trinajstić information content (AvgIpc) is 3.37. The molecule has 1 unspecified atom stereocenters. The third-order valence-corrected chi connectivity index (χ3v) is 6.00. The van der Waals surface area contributed by atoms with E-state index in [2.05, 4.69) is 5.32 Å². The molecule has 2 aliphatic heterocycles. The topological polar surface area (TPSA) is 84.9 Å². The van der Waals surface area contributed by atoms with Gasteiger partial charge in [0.05, 0.1) is 22.9 Å². The maximum Gasteiger partial charge on any atom is 0.266 e. The molecular weight excluding hydrogens is 420 g/mol. The summed E-state index contributed by atoms with van der Waals surface area (Å²) < 4.78 is 10.7. The number of hydrogen-bond acceptors (Lipinski definition) is 5. The first kappa shape index (κ1) is 20.8. The lowest BCUT2D eigenvalue weighted by molar-refractivity contribution is 0.0921. The molecule has 0 aromatic heterocycles. The number of hydrogen-bond donors (Lipinski definition) is 1. The lowest BCUT2D eigenvalue weighted by Gasteiger charge is -2.17. The third kappa shape index (κ3) is 3.51. The average molecular weight is 442 g/mol. The van der Waals surface area contributed by atoms with Crippen molar-refractivity contribution < 1.29 is 23.9 Å².